The van der Waals surface area contributed by atoms with E-state index in [2.05, 4.69) is 52.8 Å². The van der Waals surface area contributed by atoms with Crippen molar-refractivity contribution in [1.29, 1.82) is 0 Å². The summed E-state index contributed by atoms with van der Waals surface area (Å²) >= 11 is 0. The number of pyridine rings is 1. The third-order valence-electron chi connectivity index (χ3n) is 9.06. The normalized spacial score (nSPS) is 41.1. The van der Waals surface area contributed by atoms with Crippen LogP contribution in [0.25, 0.3) is 0 Å². The van der Waals surface area contributed by atoms with Crippen LogP contribution in [0.2, 0.25) is 0 Å². The zero-order valence-corrected chi connectivity index (χ0v) is 17.1. The summed E-state index contributed by atoms with van der Waals surface area (Å²) < 4.78 is 0. The van der Waals surface area contributed by atoms with Gasteiger partial charge in [0.05, 0.1) is 6.04 Å². The Kier molecular flexibility index (Phi) is 3.43. The third kappa shape index (κ3) is 2.44. The molecule has 4 saturated carbocycles. The van der Waals surface area contributed by atoms with Crippen LogP contribution in [-0.4, -0.2) is 4.98 Å². The van der Waals surface area contributed by atoms with Crippen LogP contribution in [0, 0.1) is 23.7 Å². The Morgan fingerprint density at radius 1 is 0.966 bits per heavy atom. The van der Waals surface area contributed by atoms with Crippen molar-refractivity contribution in [3.05, 3.63) is 71.6 Å². The molecule has 2 nitrogen and oxygen atoms in total. The summed E-state index contributed by atoms with van der Waals surface area (Å²) in [5, 5.41) is 3.91. The minimum absolute atomic E-state index is 0.363. The van der Waals surface area contributed by atoms with Crippen LogP contribution in [0.5, 0.6) is 0 Å². The molecule has 6 aliphatic rings. The Hall–Kier alpha value is -2.09. The third-order valence-corrected chi connectivity index (χ3v) is 9.06. The Labute approximate surface area is 173 Å². The maximum Gasteiger partial charge on any atom is 0.0569 e. The second-order valence-electron chi connectivity index (χ2n) is 10.8. The molecule has 3 atom stereocenters. The average molecular weight is 383 g/mol. The summed E-state index contributed by atoms with van der Waals surface area (Å²) in [5.74, 6) is 4.17. The minimum Gasteiger partial charge on any atom is -0.378 e. The molecule has 1 aromatic heterocycles. The number of fused-ring (bicyclic) bond motifs is 3. The molecule has 4 bridgehead atoms. The largest absolute Gasteiger partial charge is 0.378 e. The number of rotatable bonds is 2. The summed E-state index contributed by atoms with van der Waals surface area (Å²) in [6, 6.07) is 12.2. The number of hydrogen-bond acceptors (Lipinski definition) is 2. The Morgan fingerprint density at radius 3 is 2.48 bits per heavy atom. The second-order valence-corrected chi connectivity index (χ2v) is 10.8. The van der Waals surface area contributed by atoms with Crippen LogP contribution >= 0.6 is 0 Å². The maximum absolute atomic E-state index is 4.39. The fraction of sp³-hybridized carbons (Fsp3) is 0.519. The van der Waals surface area contributed by atoms with Gasteiger partial charge in [0.2, 0.25) is 0 Å². The van der Waals surface area contributed by atoms with Gasteiger partial charge in [0.15, 0.2) is 0 Å². The predicted molar refractivity (Wildman–Crippen MR) is 117 cm³/mol. The van der Waals surface area contributed by atoms with E-state index in [0.29, 0.717) is 23.3 Å². The number of nitrogens with one attached hydrogen (secondary N) is 1. The molecule has 148 valence electrons. The van der Waals surface area contributed by atoms with Crippen molar-refractivity contribution in [1.82, 2.24) is 4.98 Å². The second kappa shape index (κ2) is 5.97. The van der Waals surface area contributed by atoms with Crippen LogP contribution in [0.1, 0.15) is 73.6 Å². The molecule has 4 fully saturated rings. The molecule has 0 amide bonds. The summed E-state index contributed by atoms with van der Waals surface area (Å²) in [5.41, 5.74) is 6.37. The molecule has 2 heteroatoms. The molecule has 8 rings (SSSR count). The Bertz CT molecular complexity index is 940. The first-order valence-corrected chi connectivity index (χ1v) is 11.7. The van der Waals surface area contributed by atoms with Gasteiger partial charge in [0.1, 0.15) is 0 Å². The van der Waals surface area contributed by atoms with Crippen LogP contribution in [0.4, 0.5) is 5.69 Å². The molecule has 2 unspecified atom stereocenters. The number of allylic oxidation sites excluding steroid dienone is 2. The van der Waals surface area contributed by atoms with Gasteiger partial charge in [-0.15, -0.1) is 0 Å². The van der Waals surface area contributed by atoms with Crippen molar-refractivity contribution in [2.24, 2.45) is 23.7 Å². The molecule has 1 N–H and O–H groups in total. The highest BCUT2D eigenvalue weighted by atomic mass is 15.0. The van der Waals surface area contributed by atoms with E-state index in [9.17, 15) is 0 Å². The van der Waals surface area contributed by atoms with Crippen molar-refractivity contribution < 1.29 is 0 Å². The van der Waals surface area contributed by atoms with E-state index in [0.717, 1.165) is 24.2 Å². The number of anilines is 1. The lowest BCUT2D eigenvalue weighted by molar-refractivity contribution is -0.00523. The van der Waals surface area contributed by atoms with E-state index in [1.807, 2.05) is 12.4 Å². The number of benzene rings is 1. The first-order chi connectivity index (χ1) is 14.3. The van der Waals surface area contributed by atoms with Gasteiger partial charge in [-0.05, 0) is 103 Å². The summed E-state index contributed by atoms with van der Waals surface area (Å²) in [4.78, 5) is 4.39. The highest BCUT2D eigenvalue weighted by molar-refractivity contribution is 5.61. The quantitative estimate of drug-likeness (QED) is 0.610. The number of hydrogen-bond donors (Lipinski definition) is 1. The van der Waals surface area contributed by atoms with Gasteiger partial charge in [-0.3, -0.25) is 4.98 Å². The van der Waals surface area contributed by atoms with E-state index < -0.39 is 0 Å². The van der Waals surface area contributed by atoms with Gasteiger partial charge in [-0.1, -0.05) is 30.4 Å². The van der Waals surface area contributed by atoms with Gasteiger partial charge < -0.3 is 5.32 Å². The zero-order chi connectivity index (χ0) is 19.0. The molecule has 2 aromatic rings. The van der Waals surface area contributed by atoms with Crippen molar-refractivity contribution in [3.63, 3.8) is 0 Å². The van der Waals surface area contributed by atoms with E-state index in [-0.39, 0.29) is 0 Å². The van der Waals surface area contributed by atoms with Gasteiger partial charge in [-0.25, -0.2) is 0 Å². The first kappa shape index (κ1) is 16.7. The monoisotopic (exact) mass is 382 g/mol. The van der Waals surface area contributed by atoms with E-state index in [1.165, 1.54) is 49.8 Å². The lowest BCUT2D eigenvalue weighted by atomic mass is 9.48. The smallest absolute Gasteiger partial charge is 0.0569 e. The fourth-order valence-corrected chi connectivity index (χ4v) is 8.28. The summed E-state index contributed by atoms with van der Waals surface area (Å²) in [6.07, 6.45) is 18.9. The molecule has 29 heavy (non-hydrogen) atoms. The topological polar surface area (TPSA) is 24.9 Å². The lowest BCUT2D eigenvalue weighted by Crippen LogP contribution is -2.48. The van der Waals surface area contributed by atoms with Crippen molar-refractivity contribution >= 4 is 5.69 Å². The van der Waals surface area contributed by atoms with Crippen molar-refractivity contribution in [2.45, 2.75) is 62.3 Å². The predicted octanol–water partition coefficient (Wildman–Crippen LogP) is 6.38. The van der Waals surface area contributed by atoms with E-state index >= 15 is 0 Å². The molecule has 0 radical (unpaired) electrons. The Morgan fingerprint density at radius 2 is 1.76 bits per heavy atom. The molecular weight excluding hydrogens is 352 g/mol. The molecule has 1 aliphatic heterocycles. The lowest BCUT2D eigenvalue weighted by Gasteiger charge is -2.57. The fourth-order valence-electron chi connectivity index (χ4n) is 8.28. The van der Waals surface area contributed by atoms with Crippen LogP contribution in [0.3, 0.4) is 0 Å². The standard InChI is InChI=1S/C27H30N2/c1-4-22-23(5-1)26(20-3-2-8-28-16-20)29-25-7-6-21(12-24(22)25)27-13-17-9-18(14-27)11-19(10-17)15-27/h1-4,6-8,12,16-19,22-23,26,29H,5,9-11,13-15H2/t17?,18?,19?,22?,23?,26-,27?/m0/s1. The zero-order valence-electron chi connectivity index (χ0n) is 17.1. The first-order valence-electron chi connectivity index (χ1n) is 11.7. The van der Waals surface area contributed by atoms with E-state index in [1.54, 1.807) is 11.1 Å². The van der Waals surface area contributed by atoms with Crippen molar-refractivity contribution in [2.75, 3.05) is 5.32 Å². The molecule has 0 saturated heterocycles. The summed E-state index contributed by atoms with van der Waals surface area (Å²) in [7, 11) is 0. The van der Waals surface area contributed by atoms with Crippen LogP contribution < -0.4 is 5.32 Å². The number of nitrogens with zero attached hydrogens (tertiary/aromatic N) is 1. The molecule has 0 spiro atoms. The maximum atomic E-state index is 4.39. The Balaban J connectivity index is 1.29. The van der Waals surface area contributed by atoms with Gasteiger partial charge in [-0.2, -0.15) is 0 Å². The molecule has 5 aliphatic carbocycles. The number of aromatic nitrogens is 1. The molecular formula is C27H30N2. The van der Waals surface area contributed by atoms with Crippen LogP contribution in [0.15, 0.2) is 54.9 Å². The minimum atomic E-state index is 0.363. The highest BCUT2D eigenvalue weighted by Gasteiger charge is 2.52. The van der Waals surface area contributed by atoms with Gasteiger partial charge >= 0.3 is 0 Å². The van der Waals surface area contributed by atoms with Gasteiger partial charge in [0, 0.05) is 24.0 Å². The highest BCUT2D eigenvalue weighted by Crippen LogP contribution is 2.61. The molecule has 2 heterocycles. The molecule has 1 aromatic carbocycles. The van der Waals surface area contributed by atoms with Gasteiger partial charge in [0.25, 0.3) is 0 Å². The summed E-state index contributed by atoms with van der Waals surface area (Å²) in [6.45, 7) is 0. The van der Waals surface area contributed by atoms with E-state index in [4.69, 9.17) is 0 Å². The SMILES string of the molecule is C1=CC2c3cc(C45CC6CC(CC(C6)C4)C5)ccc3N[C@@H](c3cccnc3)C2C1. The average Bonchev–Trinajstić information content (AvgIpc) is 3.23. The van der Waals surface area contributed by atoms with Crippen molar-refractivity contribution in [3.8, 4) is 0 Å². The van der Waals surface area contributed by atoms with Crippen LogP contribution in [-0.2, 0) is 5.41 Å².